The Balaban J connectivity index is 2.49. The van der Waals surface area contributed by atoms with E-state index in [-0.39, 0.29) is 5.78 Å². The van der Waals surface area contributed by atoms with Gasteiger partial charge >= 0.3 is 0 Å². The van der Waals surface area contributed by atoms with Gasteiger partial charge < -0.3 is 4.57 Å². The molecule has 1 heterocycles. The molecule has 1 aromatic rings. The number of Topliss-reactive ketones (excluding diaryl/α,β-unsaturated/α-hetero) is 1. The Hall–Kier alpha value is -1.38. The number of rotatable bonds is 5. The molecule has 0 unspecified atom stereocenters. The van der Waals surface area contributed by atoms with Crippen molar-refractivity contribution in [2.24, 2.45) is 7.05 Å². The van der Waals surface area contributed by atoms with Crippen molar-refractivity contribution in [2.45, 2.75) is 19.3 Å². The Morgan fingerprint density at radius 1 is 1.77 bits per heavy atom. The maximum Gasteiger partial charge on any atom is 0.180 e. The number of aromatic nitrogens is 2. The second-order valence-electron chi connectivity index (χ2n) is 2.99. The molecule has 0 aromatic carbocycles. The summed E-state index contributed by atoms with van der Waals surface area (Å²) < 4.78 is 1.75. The van der Waals surface area contributed by atoms with E-state index in [1.807, 2.05) is 13.1 Å². The average Bonchev–Trinajstić information content (AvgIpc) is 2.52. The highest BCUT2D eigenvalue weighted by atomic mass is 16.1. The fraction of sp³-hybridized carbons (Fsp3) is 0.400. The SMILES string of the molecule is C=CCCCC(=O)c1cncn1C. The average molecular weight is 178 g/mol. The van der Waals surface area contributed by atoms with Crippen molar-refractivity contribution in [1.82, 2.24) is 9.55 Å². The van der Waals surface area contributed by atoms with Crippen LogP contribution in [0.15, 0.2) is 25.2 Å². The number of aryl methyl sites for hydroxylation is 1. The third kappa shape index (κ3) is 2.54. The summed E-state index contributed by atoms with van der Waals surface area (Å²) in [5.74, 6) is 0.154. The predicted octanol–water partition coefficient (Wildman–Crippen LogP) is 1.96. The normalized spacial score (nSPS) is 9.92. The molecule has 1 aromatic heterocycles. The lowest BCUT2D eigenvalue weighted by Crippen LogP contribution is -2.04. The third-order valence-corrected chi connectivity index (χ3v) is 1.91. The van der Waals surface area contributed by atoms with Gasteiger partial charge in [-0.2, -0.15) is 0 Å². The van der Waals surface area contributed by atoms with Crippen LogP contribution in [0.2, 0.25) is 0 Å². The van der Waals surface area contributed by atoms with Crippen LogP contribution in [0.1, 0.15) is 29.8 Å². The van der Waals surface area contributed by atoms with E-state index in [1.54, 1.807) is 17.1 Å². The van der Waals surface area contributed by atoms with Gasteiger partial charge in [-0.1, -0.05) is 6.08 Å². The van der Waals surface area contributed by atoms with E-state index in [0.717, 1.165) is 12.8 Å². The summed E-state index contributed by atoms with van der Waals surface area (Å²) in [5, 5.41) is 0. The lowest BCUT2D eigenvalue weighted by atomic mass is 10.1. The Bertz CT molecular complexity index is 302. The van der Waals surface area contributed by atoms with Crippen LogP contribution in [-0.4, -0.2) is 15.3 Å². The Kier molecular flexibility index (Phi) is 3.43. The molecule has 0 aliphatic rings. The lowest BCUT2D eigenvalue weighted by Gasteiger charge is -1.99. The summed E-state index contributed by atoms with van der Waals surface area (Å²) in [7, 11) is 1.83. The van der Waals surface area contributed by atoms with Crippen LogP contribution in [0.3, 0.4) is 0 Å². The zero-order chi connectivity index (χ0) is 9.68. The number of ketones is 1. The van der Waals surface area contributed by atoms with E-state index in [1.165, 1.54) is 0 Å². The smallest absolute Gasteiger partial charge is 0.180 e. The molecular weight excluding hydrogens is 164 g/mol. The van der Waals surface area contributed by atoms with Gasteiger partial charge in [0, 0.05) is 13.5 Å². The van der Waals surface area contributed by atoms with Crippen LogP contribution < -0.4 is 0 Å². The summed E-state index contributed by atoms with van der Waals surface area (Å²) in [6.07, 6.45) is 7.41. The molecule has 0 spiro atoms. The maximum atomic E-state index is 11.5. The molecule has 3 nitrogen and oxygen atoms in total. The fourth-order valence-electron chi connectivity index (χ4n) is 1.16. The zero-order valence-electron chi connectivity index (χ0n) is 7.86. The molecule has 0 bridgehead atoms. The van der Waals surface area contributed by atoms with E-state index < -0.39 is 0 Å². The van der Waals surface area contributed by atoms with Gasteiger partial charge in [0.2, 0.25) is 0 Å². The molecule has 0 radical (unpaired) electrons. The number of hydrogen-bond acceptors (Lipinski definition) is 2. The summed E-state index contributed by atoms with van der Waals surface area (Å²) in [6, 6.07) is 0. The highest BCUT2D eigenvalue weighted by Gasteiger charge is 2.08. The number of carbonyl (C=O) groups is 1. The van der Waals surface area contributed by atoms with E-state index in [4.69, 9.17) is 0 Å². The van der Waals surface area contributed by atoms with Crippen molar-refractivity contribution >= 4 is 5.78 Å². The highest BCUT2D eigenvalue weighted by Crippen LogP contribution is 2.05. The van der Waals surface area contributed by atoms with Gasteiger partial charge in [0.1, 0.15) is 5.69 Å². The second-order valence-corrected chi connectivity index (χ2v) is 2.99. The molecule has 0 aliphatic carbocycles. The van der Waals surface area contributed by atoms with E-state index in [2.05, 4.69) is 11.6 Å². The Morgan fingerprint density at radius 2 is 2.54 bits per heavy atom. The maximum absolute atomic E-state index is 11.5. The number of nitrogens with zero attached hydrogens (tertiary/aromatic N) is 2. The minimum atomic E-state index is 0.154. The Morgan fingerprint density at radius 3 is 3.08 bits per heavy atom. The lowest BCUT2D eigenvalue weighted by molar-refractivity contribution is 0.0972. The van der Waals surface area contributed by atoms with Crippen LogP contribution in [0.5, 0.6) is 0 Å². The first kappa shape index (κ1) is 9.71. The molecule has 0 atom stereocenters. The summed E-state index contributed by atoms with van der Waals surface area (Å²) in [5.41, 5.74) is 0.684. The van der Waals surface area contributed by atoms with E-state index >= 15 is 0 Å². The molecule has 0 saturated carbocycles. The van der Waals surface area contributed by atoms with E-state index in [0.29, 0.717) is 12.1 Å². The molecule has 0 N–H and O–H groups in total. The number of carbonyl (C=O) groups excluding carboxylic acids is 1. The van der Waals surface area contributed by atoms with Gasteiger partial charge in [0.25, 0.3) is 0 Å². The van der Waals surface area contributed by atoms with Crippen LogP contribution in [0, 0.1) is 0 Å². The van der Waals surface area contributed by atoms with Crippen molar-refractivity contribution < 1.29 is 4.79 Å². The van der Waals surface area contributed by atoms with E-state index in [9.17, 15) is 4.79 Å². The zero-order valence-corrected chi connectivity index (χ0v) is 7.86. The summed E-state index contributed by atoms with van der Waals surface area (Å²) >= 11 is 0. The molecular formula is C10H14N2O. The molecule has 1 rings (SSSR count). The largest absolute Gasteiger partial charge is 0.331 e. The van der Waals surface area contributed by atoms with Crippen molar-refractivity contribution in [3.05, 3.63) is 30.9 Å². The molecule has 0 fully saturated rings. The summed E-state index contributed by atoms with van der Waals surface area (Å²) in [6.45, 7) is 3.61. The van der Waals surface area contributed by atoms with Crippen LogP contribution in [0.25, 0.3) is 0 Å². The second kappa shape index (κ2) is 4.60. The van der Waals surface area contributed by atoms with Gasteiger partial charge in [-0.15, -0.1) is 6.58 Å². The molecule has 70 valence electrons. The van der Waals surface area contributed by atoms with Gasteiger partial charge in [-0.05, 0) is 12.8 Å². The third-order valence-electron chi connectivity index (χ3n) is 1.91. The number of imidazole rings is 1. The van der Waals surface area contributed by atoms with Crippen LogP contribution in [0.4, 0.5) is 0 Å². The van der Waals surface area contributed by atoms with Crippen molar-refractivity contribution in [1.29, 1.82) is 0 Å². The standard InChI is InChI=1S/C10H14N2O/c1-3-4-5-6-10(13)9-7-11-8-12(9)2/h3,7-8H,1,4-6H2,2H3. The number of allylic oxidation sites excluding steroid dienone is 1. The van der Waals surface area contributed by atoms with Crippen molar-refractivity contribution in [2.75, 3.05) is 0 Å². The van der Waals surface area contributed by atoms with Gasteiger partial charge in [-0.3, -0.25) is 4.79 Å². The van der Waals surface area contributed by atoms with Crippen molar-refractivity contribution in [3.63, 3.8) is 0 Å². The van der Waals surface area contributed by atoms with Gasteiger partial charge in [0.05, 0.1) is 12.5 Å². The predicted molar refractivity (Wildman–Crippen MR) is 51.6 cm³/mol. The minimum Gasteiger partial charge on any atom is -0.331 e. The molecule has 13 heavy (non-hydrogen) atoms. The minimum absolute atomic E-state index is 0.154. The molecule has 0 aliphatic heterocycles. The monoisotopic (exact) mass is 178 g/mol. The first-order chi connectivity index (χ1) is 6.25. The van der Waals surface area contributed by atoms with Gasteiger partial charge in [0.15, 0.2) is 5.78 Å². The van der Waals surface area contributed by atoms with Crippen LogP contribution >= 0.6 is 0 Å². The molecule has 0 amide bonds. The highest BCUT2D eigenvalue weighted by molar-refractivity contribution is 5.94. The number of hydrogen-bond donors (Lipinski definition) is 0. The first-order valence-electron chi connectivity index (χ1n) is 4.36. The molecule has 3 heteroatoms. The quantitative estimate of drug-likeness (QED) is 0.392. The topological polar surface area (TPSA) is 34.9 Å². The summed E-state index contributed by atoms with van der Waals surface area (Å²) in [4.78, 5) is 15.4. The Labute approximate surface area is 78.1 Å². The fourth-order valence-corrected chi connectivity index (χ4v) is 1.16. The van der Waals surface area contributed by atoms with Crippen LogP contribution in [-0.2, 0) is 7.05 Å². The molecule has 0 saturated heterocycles. The van der Waals surface area contributed by atoms with Gasteiger partial charge in [-0.25, -0.2) is 4.98 Å². The van der Waals surface area contributed by atoms with Crippen molar-refractivity contribution in [3.8, 4) is 0 Å². The number of unbranched alkanes of at least 4 members (excludes halogenated alkanes) is 1. The first-order valence-corrected chi connectivity index (χ1v) is 4.36.